The van der Waals surface area contributed by atoms with Gasteiger partial charge in [-0.15, -0.1) is 0 Å². The molecule has 0 unspecified atom stereocenters. The first-order chi connectivity index (χ1) is 9.54. The number of fused-ring (bicyclic) bond motifs is 1. The average molecular weight is 265 g/mol. The van der Waals surface area contributed by atoms with E-state index in [2.05, 4.69) is 37.0 Å². The molecule has 1 nitrogen and oxygen atoms in total. The molecule has 0 atom stereocenters. The van der Waals surface area contributed by atoms with E-state index in [4.69, 9.17) is 0 Å². The van der Waals surface area contributed by atoms with Gasteiger partial charge in [0.1, 0.15) is 5.82 Å². The van der Waals surface area contributed by atoms with Crippen molar-refractivity contribution in [3.8, 4) is 11.3 Å². The van der Waals surface area contributed by atoms with Crippen molar-refractivity contribution in [1.82, 2.24) is 4.98 Å². The van der Waals surface area contributed by atoms with Crippen molar-refractivity contribution >= 4 is 10.9 Å². The highest BCUT2D eigenvalue weighted by molar-refractivity contribution is 5.82. The molecular formula is C18H16FN. The summed E-state index contributed by atoms with van der Waals surface area (Å²) in [6, 6.07) is 13.5. The lowest BCUT2D eigenvalue weighted by Crippen LogP contribution is -1.90. The van der Waals surface area contributed by atoms with E-state index in [0.29, 0.717) is 5.56 Å². The molecular weight excluding hydrogens is 249 g/mol. The van der Waals surface area contributed by atoms with Crippen LogP contribution in [0.3, 0.4) is 0 Å². The predicted octanol–water partition coefficient (Wildman–Crippen LogP) is 4.97. The summed E-state index contributed by atoms with van der Waals surface area (Å²) in [5, 5.41) is 0.834. The van der Waals surface area contributed by atoms with E-state index >= 15 is 0 Å². The van der Waals surface area contributed by atoms with Crippen LogP contribution >= 0.6 is 0 Å². The molecule has 2 heteroatoms. The van der Waals surface area contributed by atoms with Crippen LogP contribution in [0.4, 0.5) is 4.39 Å². The Balaban J connectivity index is 2.17. The van der Waals surface area contributed by atoms with Gasteiger partial charge in [-0.05, 0) is 61.7 Å². The van der Waals surface area contributed by atoms with Gasteiger partial charge in [0.15, 0.2) is 0 Å². The van der Waals surface area contributed by atoms with E-state index in [0.717, 1.165) is 22.2 Å². The van der Waals surface area contributed by atoms with E-state index in [1.54, 1.807) is 19.1 Å². The zero-order valence-electron chi connectivity index (χ0n) is 11.9. The van der Waals surface area contributed by atoms with Crippen LogP contribution in [-0.2, 0) is 0 Å². The number of aryl methyl sites for hydroxylation is 3. The van der Waals surface area contributed by atoms with Crippen LogP contribution in [0, 0.1) is 26.6 Å². The van der Waals surface area contributed by atoms with E-state index < -0.39 is 0 Å². The Morgan fingerprint density at radius 3 is 2.35 bits per heavy atom. The van der Waals surface area contributed by atoms with Crippen molar-refractivity contribution in [3.05, 3.63) is 65.0 Å². The minimum absolute atomic E-state index is 0.182. The molecule has 0 bridgehead atoms. The first kappa shape index (κ1) is 12.8. The van der Waals surface area contributed by atoms with Gasteiger partial charge in [0, 0.05) is 10.9 Å². The largest absolute Gasteiger partial charge is 0.248 e. The lowest BCUT2D eigenvalue weighted by atomic mass is 10.0. The normalized spacial score (nSPS) is 11.0. The number of nitrogens with zero attached hydrogens (tertiary/aromatic N) is 1. The molecule has 1 aromatic heterocycles. The molecule has 0 aliphatic rings. The average Bonchev–Trinajstić information content (AvgIpc) is 2.43. The van der Waals surface area contributed by atoms with Gasteiger partial charge >= 0.3 is 0 Å². The maximum atomic E-state index is 13.5. The lowest BCUT2D eigenvalue weighted by Gasteiger charge is -2.07. The minimum Gasteiger partial charge on any atom is -0.248 e. The summed E-state index contributed by atoms with van der Waals surface area (Å²) in [6.45, 7) is 5.96. The third-order valence-electron chi connectivity index (χ3n) is 3.77. The molecule has 0 amide bonds. The second-order valence-corrected chi connectivity index (χ2v) is 5.29. The minimum atomic E-state index is -0.182. The van der Waals surface area contributed by atoms with Gasteiger partial charge in [0.05, 0.1) is 11.2 Å². The second-order valence-electron chi connectivity index (χ2n) is 5.29. The van der Waals surface area contributed by atoms with E-state index in [-0.39, 0.29) is 5.82 Å². The molecule has 0 spiro atoms. The summed E-state index contributed by atoms with van der Waals surface area (Å²) >= 11 is 0. The first-order valence-corrected chi connectivity index (χ1v) is 6.69. The molecule has 100 valence electrons. The number of aromatic nitrogens is 1. The lowest BCUT2D eigenvalue weighted by molar-refractivity contribution is 0.620. The zero-order chi connectivity index (χ0) is 14.3. The third kappa shape index (κ3) is 2.18. The molecule has 20 heavy (non-hydrogen) atoms. The zero-order valence-corrected chi connectivity index (χ0v) is 11.9. The first-order valence-electron chi connectivity index (χ1n) is 6.69. The maximum Gasteiger partial charge on any atom is 0.126 e. The molecule has 0 radical (unpaired) electrons. The van der Waals surface area contributed by atoms with Crippen LogP contribution in [0.15, 0.2) is 42.5 Å². The molecule has 3 aromatic rings. The molecule has 0 aliphatic heterocycles. The molecule has 0 aliphatic carbocycles. The van der Waals surface area contributed by atoms with Crippen molar-refractivity contribution < 1.29 is 4.39 Å². The highest BCUT2D eigenvalue weighted by Gasteiger charge is 2.05. The van der Waals surface area contributed by atoms with Crippen molar-refractivity contribution in [1.29, 1.82) is 0 Å². The van der Waals surface area contributed by atoms with Gasteiger partial charge < -0.3 is 0 Å². The summed E-state index contributed by atoms with van der Waals surface area (Å²) < 4.78 is 13.5. The monoisotopic (exact) mass is 265 g/mol. The van der Waals surface area contributed by atoms with Crippen molar-refractivity contribution in [2.75, 3.05) is 0 Å². The smallest absolute Gasteiger partial charge is 0.126 e. The van der Waals surface area contributed by atoms with Crippen molar-refractivity contribution in [3.63, 3.8) is 0 Å². The van der Waals surface area contributed by atoms with Gasteiger partial charge in [-0.25, -0.2) is 9.37 Å². The Morgan fingerprint density at radius 2 is 1.60 bits per heavy atom. The summed E-state index contributed by atoms with van der Waals surface area (Å²) in [6.07, 6.45) is 0. The fourth-order valence-electron chi connectivity index (χ4n) is 2.31. The van der Waals surface area contributed by atoms with E-state index in [9.17, 15) is 4.39 Å². The van der Waals surface area contributed by atoms with Crippen LogP contribution in [-0.4, -0.2) is 4.98 Å². The van der Waals surface area contributed by atoms with Crippen LogP contribution < -0.4 is 0 Å². The molecule has 3 rings (SSSR count). The van der Waals surface area contributed by atoms with E-state index in [1.807, 2.05) is 12.1 Å². The Morgan fingerprint density at radius 1 is 0.800 bits per heavy atom. The topological polar surface area (TPSA) is 12.9 Å². The SMILES string of the molecule is Cc1ccc(-c2ccc3cc(F)c(C)cc3n2)cc1C. The molecule has 2 aromatic carbocycles. The number of benzene rings is 2. The number of pyridine rings is 1. The van der Waals surface area contributed by atoms with Crippen molar-refractivity contribution in [2.24, 2.45) is 0 Å². The highest BCUT2D eigenvalue weighted by Crippen LogP contribution is 2.24. The Hall–Kier alpha value is -2.22. The Labute approximate surface area is 118 Å². The van der Waals surface area contributed by atoms with Gasteiger partial charge in [-0.3, -0.25) is 0 Å². The summed E-state index contributed by atoms with van der Waals surface area (Å²) in [5.74, 6) is -0.182. The predicted molar refractivity (Wildman–Crippen MR) is 81.3 cm³/mol. The molecule has 0 saturated carbocycles. The maximum absolute atomic E-state index is 13.5. The van der Waals surface area contributed by atoms with Gasteiger partial charge in [-0.2, -0.15) is 0 Å². The fraction of sp³-hybridized carbons (Fsp3) is 0.167. The second kappa shape index (κ2) is 4.71. The van der Waals surface area contributed by atoms with Crippen LogP contribution in [0.1, 0.15) is 16.7 Å². The molecule has 0 N–H and O–H groups in total. The number of hydrogen-bond donors (Lipinski definition) is 0. The number of halogens is 1. The third-order valence-corrected chi connectivity index (χ3v) is 3.77. The van der Waals surface area contributed by atoms with Crippen LogP contribution in [0.2, 0.25) is 0 Å². The summed E-state index contributed by atoms with van der Waals surface area (Å²) in [5.41, 5.74) is 6.00. The highest BCUT2D eigenvalue weighted by atomic mass is 19.1. The Kier molecular flexibility index (Phi) is 3.01. The molecule has 0 saturated heterocycles. The molecule has 1 heterocycles. The van der Waals surface area contributed by atoms with Crippen LogP contribution in [0.25, 0.3) is 22.2 Å². The van der Waals surface area contributed by atoms with Crippen LogP contribution in [0.5, 0.6) is 0 Å². The quantitative estimate of drug-likeness (QED) is 0.605. The number of rotatable bonds is 1. The Bertz CT molecular complexity index is 806. The summed E-state index contributed by atoms with van der Waals surface area (Å²) in [4.78, 5) is 4.65. The van der Waals surface area contributed by atoms with Gasteiger partial charge in [0.25, 0.3) is 0 Å². The standard InChI is InChI=1S/C18H16FN/c1-11-4-5-14(8-12(11)2)17-7-6-15-10-16(19)13(3)9-18(15)20-17/h4-10H,1-3H3. The van der Waals surface area contributed by atoms with Gasteiger partial charge in [0.2, 0.25) is 0 Å². The van der Waals surface area contributed by atoms with Gasteiger partial charge in [-0.1, -0.05) is 18.2 Å². The molecule has 0 fully saturated rings. The van der Waals surface area contributed by atoms with Crippen molar-refractivity contribution in [2.45, 2.75) is 20.8 Å². The number of hydrogen-bond acceptors (Lipinski definition) is 1. The summed E-state index contributed by atoms with van der Waals surface area (Å²) in [7, 11) is 0. The van der Waals surface area contributed by atoms with E-state index in [1.165, 1.54) is 11.1 Å². The fourth-order valence-corrected chi connectivity index (χ4v) is 2.31.